The molecule has 6 nitrogen and oxygen atoms in total. The average Bonchev–Trinajstić information content (AvgIpc) is 3.06. The second kappa shape index (κ2) is 8.69. The van der Waals surface area contributed by atoms with Crippen molar-refractivity contribution in [1.82, 2.24) is 19.8 Å². The predicted octanol–water partition coefficient (Wildman–Crippen LogP) is 3.15. The molecule has 0 saturated heterocycles. The van der Waals surface area contributed by atoms with E-state index in [1.807, 2.05) is 11.6 Å². The minimum absolute atomic E-state index is 0.0710. The molecule has 1 aliphatic heterocycles. The molecule has 1 aromatic heterocycles. The van der Waals surface area contributed by atoms with Gasteiger partial charge in [-0.3, -0.25) is 9.59 Å². The first-order chi connectivity index (χ1) is 12.6. The first-order valence-corrected chi connectivity index (χ1v) is 10.3. The van der Waals surface area contributed by atoms with E-state index in [0.717, 1.165) is 63.7 Å². The molecule has 0 aromatic carbocycles. The molecule has 0 spiro atoms. The van der Waals surface area contributed by atoms with E-state index >= 15 is 0 Å². The number of carbonyl (C=O) groups is 2. The fourth-order valence-corrected chi connectivity index (χ4v) is 4.06. The van der Waals surface area contributed by atoms with Crippen molar-refractivity contribution in [1.29, 1.82) is 0 Å². The molecular weight excluding hydrogens is 328 g/mol. The summed E-state index contributed by atoms with van der Waals surface area (Å²) in [4.78, 5) is 32.0. The highest BCUT2D eigenvalue weighted by Crippen LogP contribution is 2.23. The van der Waals surface area contributed by atoms with Crippen LogP contribution in [0.1, 0.15) is 91.5 Å². The zero-order valence-electron chi connectivity index (χ0n) is 16.2. The molecule has 0 bridgehead atoms. The SMILES string of the molecule is CCCCN(C)C(=O)c1nc(C(=O)NC2CCCCC2)c2n1CCCC2. The maximum atomic E-state index is 12.9. The van der Waals surface area contributed by atoms with Gasteiger partial charge < -0.3 is 14.8 Å². The van der Waals surface area contributed by atoms with Gasteiger partial charge in [-0.15, -0.1) is 0 Å². The third kappa shape index (κ3) is 4.10. The molecule has 1 aliphatic carbocycles. The lowest BCUT2D eigenvalue weighted by Gasteiger charge is -2.23. The van der Waals surface area contributed by atoms with Crippen LogP contribution in [-0.4, -0.2) is 45.9 Å². The number of imidazole rings is 1. The zero-order chi connectivity index (χ0) is 18.5. The van der Waals surface area contributed by atoms with Crippen molar-refractivity contribution in [2.24, 2.45) is 0 Å². The third-order valence-electron chi connectivity index (χ3n) is 5.66. The minimum atomic E-state index is -0.0992. The average molecular weight is 361 g/mol. The van der Waals surface area contributed by atoms with Crippen molar-refractivity contribution in [3.63, 3.8) is 0 Å². The first kappa shape index (κ1) is 18.9. The van der Waals surface area contributed by atoms with E-state index in [4.69, 9.17) is 0 Å². The Labute approximate surface area is 156 Å². The third-order valence-corrected chi connectivity index (χ3v) is 5.66. The van der Waals surface area contributed by atoms with Gasteiger partial charge in [-0.05, 0) is 38.5 Å². The molecule has 1 saturated carbocycles. The molecule has 6 heteroatoms. The highest BCUT2D eigenvalue weighted by molar-refractivity contribution is 5.97. The van der Waals surface area contributed by atoms with Gasteiger partial charge in [0.15, 0.2) is 5.82 Å². The largest absolute Gasteiger partial charge is 0.348 e. The van der Waals surface area contributed by atoms with Crippen LogP contribution in [0.3, 0.4) is 0 Å². The van der Waals surface area contributed by atoms with E-state index in [9.17, 15) is 9.59 Å². The van der Waals surface area contributed by atoms with Gasteiger partial charge in [-0.25, -0.2) is 4.98 Å². The summed E-state index contributed by atoms with van der Waals surface area (Å²) in [6.45, 7) is 3.62. The molecule has 144 valence electrons. The van der Waals surface area contributed by atoms with E-state index in [-0.39, 0.29) is 17.9 Å². The molecule has 0 radical (unpaired) electrons. The van der Waals surface area contributed by atoms with Crippen LogP contribution in [-0.2, 0) is 13.0 Å². The molecule has 26 heavy (non-hydrogen) atoms. The van der Waals surface area contributed by atoms with Crippen LogP contribution in [0.25, 0.3) is 0 Å². The number of nitrogens with zero attached hydrogens (tertiary/aromatic N) is 3. The molecule has 0 unspecified atom stereocenters. The number of hydrogen-bond acceptors (Lipinski definition) is 3. The van der Waals surface area contributed by atoms with Crippen molar-refractivity contribution in [2.45, 2.75) is 83.7 Å². The van der Waals surface area contributed by atoms with Gasteiger partial charge in [0.25, 0.3) is 11.8 Å². The number of aromatic nitrogens is 2. The van der Waals surface area contributed by atoms with Crippen molar-refractivity contribution >= 4 is 11.8 Å². The van der Waals surface area contributed by atoms with Gasteiger partial charge in [-0.2, -0.15) is 0 Å². The maximum absolute atomic E-state index is 12.9. The van der Waals surface area contributed by atoms with Gasteiger partial charge in [-0.1, -0.05) is 32.6 Å². The number of amides is 2. The second-order valence-electron chi connectivity index (χ2n) is 7.73. The van der Waals surface area contributed by atoms with Crippen LogP contribution in [0.2, 0.25) is 0 Å². The van der Waals surface area contributed by atoms with E-state index < -0.39 is 0 Å². The van der Waals surface area contributed by atoms with E-state index in [1.54, 1.807) is 4.90 Å². The molecule has 3 rings (SSSR count). The van der Waals surface area contributed by atoms with Crippen LogP contribution in [0, 0.1) is 0 Å². The highest BCUT2D eigenvalue weighted by Gasteiger charge is 2.29. The molecule has 1 aromatic rings. The number of carbonyl (C=O) groups excluding carboxylic acids is 2. The minimum Gasteiger partial charge on any atom is -0.348 e. The number of rotatable bonds is 6. The summed E-state index contributed by atoms with van der Waals surface area (Å²) in [6.07, 6.45) is 10.6. The smallest absolute Gasteiger partial charge is 0.289 e. The monoisotopic (exact) mass is 360 g/mol. The Kier molecular flexibility index (Phi) is 6.33. The van der Waals surface area contributed by atoms with Crippen molar-refractivity contribution < 1.29 is 9.59 Å². The Hall–Kier alpha value is -1.85. The molecule has 2 aliphatic rings. The summed E-state index contributed by atoms with van der Waals surface area (Å²) < 4.78 is 1.99. The molecular formula is C20H32N4O2. The van der Waals surface area contributed by atoms with Crippen LogP contribution < -0.4 is 5.32 Å². The quantitative estimate of drug-likeness (QED) is 0.847. The fourth-order valence-electron chi connectivity index (χ4n) is 4.06. The standard InChI is InChI=1S/C20H32N4O2/c1-3-4-13-23(2)20(26)18-22-17(16-12-8-9-14-24(16)18)19(25)21-15-10-6-5-7-11-15/h15H,3-14H2,1-2H3,(H,21,25). The number of fused-ring (bicyclic) bond motifs is 1. The summed E-state index contributed by atoms with van der Waals surface area (Å²) >= 11 is 0. The Balaban J connectivity index is 1.80. The summed E-state index contributed by atoms with van der Waals surface area (Å²) in [5.74, 6) is 0.267. The highest BCUT2D eigenvalue weighted by atomic mass is 16.2. The van der Waals surface area contributed by atoms with E-state index in [0.29, 0.717) is 11.5 Å². The van der Waals surface area contributed by atoms with Crippen LogP contribution in [0.4, 0.5) is 0 Å². The Morgan fingerprint density at radius 1 is 1.19 bits per heavy atom. The van der Waals surface area contributed by atoms with Gasteiger partial charge in [0.2, 0.25) is 0 Å². The predicted molar refractivity (Wildman–Crippen MR) is 101 cm³/mol. The normalized spacial score (nSPS) is 17.6. The van der Waals surface area contributed by atoms with Crippen molar-refractivity contribution in [2.75, 3.05) is 13.6 Å². The number of unbranched alkanes of at least 4 members (excludes halogenated alkanes) is 1. The van der Waals surface area contributed by atoms with E-state index in [1.165, 1.54) is 19.3 Å². The molecule has 1 fully saturated rings. The van der Waals surface area contributed by atoms with Crippen LogP contribution in [0.15, 0.2) is 0 Å². The van der Waals surface area contributed by atoms with Gasteiger partial charge in [0, 0.05) is 26.2 Å². The zero-order valence-corrected chi connectivity index (χ0v) is 16.2. The first-order valence-electron chi connectivity index (χ1n) is 10.3. The summed E-state index contributed by atoms with van der Waals surface area (Å²) in [6, 6.07) is 0.253. The molecule has 2 heterocycles. The number of hydrogen-bond donors (Lipinski definition) is 1. The van der Waals surface area contributed by atoms with Gasteiger partial charge >= 0.3 is 0 Å². The lowest BCUT2D eigenvalue weighted by Crippen LogP contribution is -2.37. The van der Waals surface area contributed by atoms with Crippen molar-refractivity contribution in [3.8, 4) is 0 Å². The van der Waals surface area contributed by atoms with Crippen LogP contribution in [0.5, 0.6) is 0 Å². The molecule has 0 atom stereocenters. The fraction of sp³-hybridized carbons (Fsp3) is 0.750. The summed E-state index contributed by atoms with van der Waals surface area (Å²) in [5.41, 5.74) is 1.42. The lowest BCUT2D eigenvalue weighted by atomic mass is 9.95. The van der Waals surface area contributed by atoms with Gasteiger partial charge in [0.05, 0.1) is 5.69 Å². The van der Waals surface area contributed by atoms with Crippen LogP contribution >= 0.6 is 0 Å². The lowest BCUT2D eigenvalue weighted by molar-refractivity contribution is 0.0775. The number of nitrogens with one attached hydrogen (secondary N) is 1. The van der Waals surface area contributed by atoms with E-state index in [2.05, 4.69) is 17.2 Å². The Morgan fingerprint density at radius 2 is 1.96 bits per heavy atom. The van der Waals surface area contributed by atoms with Crippen molar-refractivity contribution in [3.05, 3.63) is 17.2 Å². The Bertz CT molecular complexity index is 646. The summed E-state index contributed by atoms with van der Waals surface area (Å²) in [7, 11) is 1.82. The summed E-state index contributed by atoms with van der Waals surface area (Å²) in [5, 5.41) is 3.16. The molecule has 1 N–H and O–H groups in total. The Morgan fingerprint density at radius 3 is 2.69 bits per heavy atom. The molecule has 2 amide bonds. The second-order valence-corrected chi connectivity index (χ2v) is 7.73. The maximum Gasteiger partial charge on any atom is 0.289 e. The topological polar surface area (TPSA) is 67.2 Å². The van der Waals surface area contributed by atoms with Gasteiger partial charge in [0.1, 0.15) is 5.69 Å².